The second kappa shape index (κ2) is 9.00. The zero-order valence-electron chi connectivity index (χ0n) is 14.9. The average molecular weight is 426 g/mol. The van der Waals surface area contributed by atoms with Crippen molar-refractivity contribution < 1.29 is 14.2 Å². The first-order valence-electron chi connectivity index (χ1n) is 8.34. The van der Waals surface area contributed by atoms with Crippen molar-refractivity contribution in [3.8, 4) is 0 Å². The van der Waals surface area contributed by atoms with Gasteiger partial charge in [-0.3, -0.25) is 4.57 Å². The topological polar surface area (TPSA) is 49.8 Å². The van der Waals surface area contributed by atoms with Crippen LogP contribution >= 0.6 is 23.3 Å². The molecule has 0 saturated carbocycles. The Hall–Kier alpha value is -1.13. The molecule has 1 N–H and O–H groups in total. The van der Waals surface area contributed by atoms with Crippen LogP contribution in [0.5, 0.6) is 0 Å². The molecule has 2 atom stereocenters. The first kappa shape index (κ1) is 20.2. The number of aliphatic hydroxyl groups is 1. The third kappa shape index (κ3) is 4.95. The van der Waals surface area contributed by atoms with Crippen molar-refractivity contribution in [2.75, 3.05) is 25.6 Å². The van der Waals surface area contributed by atoms with Crippen LogP contribution in [-0.2, 0) is 9.09 Å². The van der Waals surface area contributed by atoms with Crippen LogP contribution in [0.25, 0.3) is 0 Å². The summed E-state index contributed by atoms with van der Waals surface area (Å²) in [6, 6.07) is 14.5. The van der Waals surface area contributed by atoms with E-state index in [1.165, 1.54) is 0 Å². The summed E-state index contributed by atoms with van der Waals surface area (Å²) in [6.07, 6.45) is 1.74. The predicted octanol–water partition coefficient (Wildman–Crippen LogP) is 4.93. The molecule has 0 aliphatic carbocycles. The lowest BCUT2D eigenvalue weighted by atomic mass is 10.2. The lowest BCUT2D eigenvalue weighted by molar-refractivity contribution is 0.213. The van der Waals surface area contributed by atoms with Crippen molar-refractivity contribution >= 4 is 34.3 Å². The van der Waals surface area contributed by atoms with Gasteiger partial charge in [0.05, 0.1) is 6.61 Å². The Morgan fingerprint density at radius 1 is 1.12 bits per heavy atom. The van der Waals surface area contributed by atoms with Crippen molar-refractivity contribution in [2.45, 2.75) is 25.6 Å². The molecule has 136 valence electrons. The van der Waals surface area contributed by atoms with Gasteiger partial charge in [-0.05, 0) is 48.4 Å². The number of nitrogens with zero attached hydrogens (tertiary/aromatic N) is 1. The zero-order chi connectivity index (χ0) is 18.4. The highest BCUT2D eigenvalue weighted by molar-refractivity contribution is 9.10. The standard InChI is InChI=1S/C19H25BrNO3P/c1-4-5-14-24-25(23,18-12-10-17(11-13-18)21(2)3)19(22)15-6-8-16(20)9-7-15/h6-13,19,22H,4-5,14H2,1-3H3/t19-,25+/m0/s1. The monoisotopic (exact) mass is 425 g/mol. The van der Waals surface area contributed by atoms with Crippen LogP contribution in [0.4, 0.5) is 5.69 Å². The van der Waals surface area contributed by atoms with Gasteiger partial charge in [0.1, 0.15) is 0 Å². The number of rotatable bonds is 8. The molecule has 4 nitrogen and oxygen atoms in total. The Morgan fingerprint density at radius 2 is 1.72 bits per heavy atom. The van der Waals surface area contributed by atoms with E-state index < -0.39 is 13.2 Å². The highest BCUT2D eigenvalue weighted by atomic mass is 79.9. The highest BCUT2D eigenvalue weighted by Gasteiger charge is 2.36. The summed E-state index contributed by atoms with van der Waals surface area (Å²) in [5, 5.41) is 11.4. The third-order valence-corrected chi connectivity index (χ3v) is 7.05. The molecule has 0 aliphatic rings. The van der Waals surface area contributed by atoms with Gasteiger partial charge in [0.2, 0.25) is 0 Å². The number of unbranched alkanes of at least 4 members (excludes halogenated alkanes) is 1. The summed E-state index contributed by atoms with van der Waals surface area (Å²) in [5.41, 5.74) is 1.58. The molecule has 25 heavy (non-hydrogen) atoms. The Balaban J connectivity index is 2.38. The molecule has 0 fully saturated rings. The number of hydrogen-bond donors (Lipinski definition) is 1. The van der Waals surface area contributed by atoms with Crippen LogP contribution in [0.2, 0.25) is 0 Å². The van der Waals surface area contributed by atoms with Crippen molar-refractivity contribution in [3.05, 3.63) is 58.6 Å². The molecule has 6 heteroatoms. The summed E-state index contributed by atoms with van der Waals surface area (Å²) in [5.74, 6) is -1.19. The van der Waals surface area contributed by atoms with E-state index in [1.54, 1.807) is 24.3 Å². The Labute approximate surface area is 158 Å². The fourth-order valence-electron chi connectivity index (χ4n) is 2.42. The normalized spacial score (nSPS) is 14.8. The van der Waals surface area contributed by atoms with E-state index in [2.05, 4.69) is 15.9 Å². The molecule has 2 rings (SSSR count). The minimum Gasteiger partial charge on any atom is -0.378 e. The quantitative estimate of drug-likeness (QED) is 0.481. The minimum absolute atomic E-state index is 0.358. The van der Waals surface area contributed by atoms with E-state index in [4.69, 9.17) is 4.52 Å². The van der Waals surface area contributed by atoms with Gasteiger partial charge in [-0.25, -0.2) is 0 Å². The van der Waals surface area contributed by atoms with E-state index in [0.717, 1.165) is 23.0 Å². The van der Waals surface area contributed by atoms with E-state index in [9.17, 15) is 9.67 Å². The summed E-state index contributed by atoms with van der Waals surface area (Å²) < 4.78 is 20.3. The van der Waals surface area contributed by atoms with Crippen molar-refractivity contribution in [1.29, 1.82) is 0 Å². The third-order valence-electron chi connectivity index (χ3n) is 4.00. The van der Waals surface area contributed by atoms with Crippen molar-refractivity contribution in [3.63, 3.8) is 0 Å². The smallest absolute Gasteiger partial charge is 0.264 e. The van der Waals surface area contributed by atoms with Crippen LogP contribution in [0.15, 0.2) is 53.0 Å². The average Bonchev–Trinajstić information content (AvgIpc) is 2.62. The van der Waals surface area contributed by atoms with Gasteiger partial charge in [-0.15, -0.1) is 0 Å². The molecular formula is C19H25BrNO3P. The lowest BCUT2D eigenvalue weighted by Crippen LogP contribution is -2.16. The maximum Gasteiger partial charge on any atom is 0.264 e. The van der Waals surface area contributed by atoms with Gasteiger partial charge in [0, 0.05) is 29.6 Å². The molecule has 2 aromatic carbocycles. The Kier molecular flexibility index (Phi) is 7.26. The molecule has 0 heterocycles. The van der Waals surface area contributed by atoms with Gasteiger partial charge in [0.25, 0.3) is 7.37 Å². The molecule has 0 radical (unpaired) electrons. The fraction of sp³-hybridized carbons (Fsp3) is 0.368. The Morgan fingerprint density at radius 3 is 2.24 bits per heavy atom. The predicted molar refractivity (Wildman–Crippen MR) is 108 cm³/mol. The second-order valence-corrected chi connectivity index (χ2v) is 9.49. The van der Waals surface area contributed by atoms with E-state index in [0.29, 0.717) is 17.5 Å². The van der Waals surface area contributed by atoms with Gasteiger partial charge in [-0.1, -0.05) is 41.4 Å². The maximum absolute atomic E-state index is 13.7. The zero-order valence-corrected chi connectivity index (χ0v) is 17.3. The molecule has 0 aromatic heterocycles. The Bertz CT molecular complexity index is 716. The molecule has 0 saturated heterocycles. The summed E-state index contributed by atoms with van der Waals surface area (Å²) in [6.45, 7) is 2.40. The van der Waals surface area contributed by atoms with Gasteiger partial charge < -0.3 is 14.5 Å². The number of halogens is 1. The van der Waals surface area contributed by atoms with Crippen LogP contribution in [0.3, 0.4) is 0 Å². The molecule has 2 aromatic rings. The van der Waals surface area contributed by atoms with E-state index in [-0.39, 0.29) is 0 Å². The van der Waals surface area contributed by atoms with Crippen LogP contribution in [0.1, 0.15) is 31.2 Å². The number of hydrogen-bond acceptors (Lipinski definition) is 4. The summed E-state index contributed by atoms with van der Waals surface area (Å²) in [7, 11) is 0.437. The van der Waals surface area contributed by atoms with Gasteiger partial charge >= 0.3 is 0 Å². The lowest BCUT2D eigenvalue weighted by Gasteiger charge is -2.25. The minimum atomic E-state index is -3.46. The number of benzene rings is 2. The molecule has 0 amide bonds. The first-order valence-corrected chi connectivity index (χ1v) is 10.8. The molecule has 0 spiro atoms. The molecule has 0 bridgehead atoms. The van der Waals surface area contributed by atoms with E-state index >= 15 is 0 Å². The van der Waals surface area contributed by atoms with Gasteiger partial charge in [-0.2, -0.15) is 0 Å². The molecular weight excluding hydrogens is 401 g/mol. The fourth-order valence-corrected chi connectivity index (χ4v) is 4.79. The number of aliphatic hydroxyl groups excluding tert-OH is 1. The van der Waals surface area contributed by atoms with Crippen LogP contribution in [0, 0.1) is 0 Å². The summed E-state index contributed by atoms with van der Waals surface area (Å²) >= 11 is 3.38. The molecule has 0 aliphatic heterocycles. The van der Waals surface area contributed by atoms with Crippen LogP contribution < -0.4 is 10.2 Å². The largest absolute Gasteiger partial charge is 0.378 e. The van der Waals surface area contributed by atoms with Crippen LogP contribution in [-0.4, -0.2) is 25.8 Å². The molecule has 0 unspecified atom stereocenters. The SMILES string of the molecule is CCCCO[P@](=O)(c1ccc(N(C)C)cc1)[C@H](O)c1ccc(Br)cc1. The maximum atomic E-state index is 13.7. The van der Waals surface area contributed by atoms with Gasteiger partial charge in [0.15, 0.2) is 5.85 Å². The van der Waals surface area contributed by atoms with Crippen molar-refractivity contribution in [2.24, 2.45) is 0 Å². The van der Waals surface area contributed by atoms with E-state index in [1.807, 2.05) is 50.2 Å². The highest BCUT2D eigenvalue weighted by Crippen LogP contribution is 2.57. The second-order valence-electron chi connectivity index (χ2n) is 6.12. The summed E-state index contributed by atoms with van der Waals surface area (Å²) in [4.78, 5) is 1.97. The first-order chi connectivity index (χ1) is 11.9. The number of anilines is 1. The van der Waals surface area contributed by atoms with Crippen molar-refractivity contribution in [1.82, 2.24) is 0 Å².